The molecule has 2 aromatic carbocycles. The zero-order valence-electron chi connectivity index (χ0n) is 10.9. The standard InChI is InChI=1S/C14H11ClO5S/c1-21(18,19)11-5-3-10(4-6-11)20-13-7-2-9(15)8-12(13)14(16)17/h2-8H,1H3,(H,16,17). The van der Waals surface area contributed by atoms with E-state index in [1.807, 2.05) is 0 Å². The number of benzene rings is 2. The van der Waals surface area contributed by atoms with Gasteiger partial charge in [0.1, 0.15) is 17.1 Å². The van der Waals surface area contributed by atoms with Crippen LogP contribution < -0.4 is 4.74 Å². The number of aromatic carboxylic acids is 1. The number of hydrogen-bond acceptors (Lipinski definition) is 4. The van der Waals surface area contributed by atoms with Crippen molar-refractivity contribution in [3.05, 3.63) is 53.1 Å². The van der Waals surface area contributed by atoms with Crippen molar-refractivity contribution in [2.75, 3.05) is 6.26 Å². The Hall–Kier alpha value is -2.05. The Labute approximate surface area is 126 Å². The van der Waals surface area contributed by atoms with Gasteiger partial charge >= 0.3 is 5.97 Å². The van der Waals surface area contributed by atoms with Gasteiger partial charge in [-0.1, -0.05) is 11.6 Å². The highest BCUT2D eigenvalue weighted by molar-refractivity contribution is 7.90. The second kappa shape index (κ2) is 5.75. The highest BCUT2D eigenvalue weighted by Gasteiger charge is 2.13. The van der Waals surface area contributed by atoms with E-state index in [1.165, 1.54) is 42.5 Å². The van der Waals surface area contributed by atoms with E-state index in [4.69, 9.17) is 21.4 Å². The average molecular weight is 327 g/mol. The fourth-order valence-corrected chi connectivity index (χ4v) is 2.44. The van der Waals surface area contributed by atoms with Crippen molar-refractivity contribution in [2.24, 2.45) is 0 Å². The Morgan fingerprint density at radius 3 is 2.29 bits per heavy atom. The summed E-state index contributed by atoms with van der Waals surface area (Å²) in [5.74, 6) is -0.716. The van der Waals surface area contributed by atoms with Crippen molar-refractivity contribution in [1.29, 1.82) is 0 Å². The van der Waals surface area contributed by atoms with E-state index in [-0.39, 0.29) is 21.2 Å². The third kappa shape index (κ3) is 3.74. The Morgan fingerprint density at radius 1 is 1.14 bits per heavy atom. The predicted molar refractivity (Wildman–Crippen MR) is 78.0 cm³/mol. The number of carbonyl (C=O) groups is 1. The van der Waals surface area contributed by atoms with E-state index in [2.05, 4.69) is 0 Å². The van der Waals surface area contributed by atoms with Crippen molar-refractivity contribution in [1.82, 2.24) is 0 Å². The summed E-state index contributed by atoms with van der Waals surface area (Å²) in [7, 11) is -3.29. The third-order valence-electron chi connectivity index (χ3n) is 2.65. The van der Waals surface area contributed by atoms with Crippen LogP contribution in [0.25, 0.3) is 0 Å². The molecule has 7 heteroatoms. The maximum absolute atomic E-state index is 11.4. The number of carboxylic acid groups (broad SMARTS) is 1. The van der Waals surface area contributed by atoms with Crippen molar-refractivity contribution in [3.63, 3.8) is 0 Å². The molecule has 0 aliphatic rings. The van der Waals surface area contributed by atoms with Gasteiger partial charge in [0.25, 0.3) is 0 Å². The molecule has 0 bridgehead atoms. The molecular formula is C14H11ClO5S. The second-order valence-corrected chi connectivity index (χ2v) is 6.74. The lowest BCUT2D eigenvalue weighted by atomic mass is 10.2. The molecule has 110 valence electrons. The van der Waals surface area contributed by atoms with Gasteiger partial charge < -0.3 is 9.84 Å². The van der Waals surface area contributed by atoms with Crippen molar-refractivity contribution < 1.29 is 23.1 Å². The SMILES string of the molecule is CS(=O)(=O)c1ccc(Oc2ccc(Cl)cc2C(=O)O)cc1. The summed E-state index contributed by atoms with van der Waals surface area (Å²) in [5, 5.41) is 9.39. The molecule has 0 unspecified atom stereocenters. The lowest BCUT2D eigenvalue weighted by molar-refractivity contribution is 0.0694. The normalized spacial score (nSPS) is 11.1. The van der Waals surface area contributed by atoms with Crippen LogP contribution in [-0.2, 0) is 9.84 Å². The molecule has 0 saturated carbocycles. The Morgan fingerprint density at radius 2 is 1.76 bits per heavy atom. The quantitative estimate of drug-likeness (QED) is 0.932. The fourth-order valence-electron chi connectivity index (χ4n) is 1.64. The number of halogens is 1. The molecule has 0 radical (unpaired) electrons. The van der Waals surface area contributed by atoms with Gasteiger partial charge in [0.05, 0.1) is 4.90 Å². The van der Waals surface area contributed by atoms with Crippen LogP contribution in [0.4, 0.5) is 0 Å². The van der Waals surface area contributed by atoms with Gasteiger partial charge in [-0.3, -0.25) is 0 Å². The molecule has 0 spiro atoms. The summed E-state index contributed by atoms with van der Waals surface area (Å²) in [6.07, 6.45) is 1.10. The number of ether oxygens (including phenoxy) is 1. The molecule has 5 nitrogen and oxygen atoms in total. The van der Waals surface area contributed by atoms with Gasteiger partial charge in [0.15, 0.2) is 9.84 Å². The minimum absolute atomic E-state index is 0.0744. The molecule has 21 heavy (non-hydrogen) atoms. The minimum atomic E-state index is -3.29. The summed E-state index contributed by atoms with van der Waals surface area (Å²) in [5.41, 5.74) is -0.0744. The lowest BCUT2D eigenvalue weighted by Crippen LogP contribution is -2.00. The first-order valence-corrected chi connectivity index (χ1v) is 8.05. The van der Waals surface area contributed by atoms with E-state index in [9.17, 15) is 13.2 Å². The summed E-state index contributed by atoms with van der Waals surface area (Å²) in [6.45, 7) is 0. The molecule has 1 N–H and O–H groups in total. The first-order valence-electron chi connectivity index (χ1n) is 5.78. The number of hydrogen-bond donors (Lipinski definition) is 1. The summed E-state index contributed by atoms with van der Waals surface area (Å²) in [6, 6.07) is 9.92. The van der Waals surface area contributed by atoms with E-state index in [0.717, 1.165) is 6.26 Å². The van der Waals surface area contributed by atoms with Crippen LogP contribution in [0.1, 0.15) is 10.4 Å². The van der Waals surface area contributed by atoms with Crippen LogP contribution in [0.3, 0.4) is 0 Å². The van der Waals surface area contributed by atoms with Gasteiger partial charge in [-0.05, 0) is 42.5 Å². The highest BCUT2D eigenvalue weighted by atomic mass is 35.5. The maximum Gasteiger partial charge on any atom is 0.339 e. The van der Waals surface area contributed by atoms with Crippen LogP contribution in [0.5, 0.6) is 11.5 Å². The van der Waals surface area contributed by atoms with Crippen LogP contribution in [0.15, 0.2) is 47.4 Å². The Kier molecular flexibility index (Phi) is 4.20. The van der Waals surface area contributed by atoms with Crippen LogP contribution in [-0.4, -0.2) is 25.7 Å². The lowest BCUT2D eigenvalue weighted by Gasteiger charge is -2.09. The molecule has 0 aromatic heterocycles. The first kappa shape index (κ1) is 15.3. The maximum atomic E-state index is 11.4. The molecule has 0 heterocycles. The summed E-state index contributed by atoms with van der Waals surface area (Å²) in [4.78, 5) is 11.3. The molecule has 0 aliphatic carbocycles. The minimum Gasteiger partial charge on any atom is -0.478 e. The molecular weight excluding hydrogens is 316 g/mol. The summed E-state index contributed by atoms with van der Waals surface area (Å²) < 4.78 is 28.2. The predicted octanol–water partition coefficient (Wildman–Crippen LogP) is 3.23. The smallest absolute Gasteiger partial charge is 0.339 e. The molecule has 2 rings (SSSR count). The third-order valence-corrected chi connectivity index (χ3v) is 4.02. The highest BCUT2D eigenvalue weighted by Crippen LogP contribution is 2.28. The van der Waals surface area contributed by atoms with Gasteiger partial charge in [-0.15, -0.1) is 0 Å². The van der Waals surface area contributed by atoms with Gasteiger partial charge in [0.2, 0.25) is 0 Å². The first-order chi connectivity index (χ1) is 9.77. The van der Waals surface area contributed by atoms with E-state index in [0.29, 0.717) is 5.75 Å². The van der Waals surface area contributed by atoms with Gasteiger partial charge in [0, 0.05) is 11.3 Å². The van der Waals surface area contributed by atoms with E-state index < -0.39 is 15.8 Å². The van der Waals surface area contributed by atoms with Crippen LogP contribution >= 0.6 is 11.6 Å². The van der Waals surface area contributed by atoms with Crippen molar-refractivity contribution >= 4 is 27.4 Å². The molecule has 0 atom stereocenters. The van der Waals surface area contributed by atoms with Crippen molar-refractivity contribution in [2.45, 2.75) is 4.90 Å². The zero-order valence-corrected chi connectivity index (χ0v) is 12.5. The Balaban J connectivity index is 2.33. The monoisotopic (exact) mass is 326 g/mol. The Bertz CT molecular complexity index is 782. The second-order valence-electron chi connectivity index (χ2n) is 4.29. The molecule has 2 aromatic rings. The molecule has 0 amide bonds. The van der Waals surface area contributed by atoms with Crippen LogP contribution in [0, 0.1) is 0 Å². The zero-order chi connectivity index (χ0) is 15.6. The van der Waals surface area contributed by atoms with Crippen molar-refractivity contribution in [3.8, 4) is 11.5 Å². The van der Waals surface area contributed by atoms with E-state index in [1.54, 1.807) is 0 Å². The topological polar surface area (TPSA) is 80.7 Å². The number of carboxylic acids is 1. The van der Waals surface area contributed by atoms with Gasteiger partial charge in [-0.2, -0.15) is 0 Å². The average Bonchev–Trinajstić information content (AvgIpc) is 2.40. The van der Waals surface area contributed by atoms with Crippen LogP contribution in [0.2, 0.25) is 5.02 Å². The number of sulfone groups is 1. The molecule has 0 fully saturated rings. The van der Waals surface area contributed by atoms with Gasteiger partial charge in [-0.25, -0.2) is 13.2 Å². The largest absolute Gasteiger partial charge is 0.478 e. The van der Waals surface area contributed by atoms with E-state index >= 15 is 0 Å². The number of rotatable bonds is 4. The molecule has 0 aliphatic heterocycles. The fraction of sp³-hybridized carbons (Fsp3) is 0.0714. The molecule has 0 saturated heterocycles. The summed E-state index contributed by atoms with van der Waals surface area (Å²) >= 11 is 5.75.